The number of halogens is 1. The Morgan fingerprint density at radius 2 is 1.86 bits per heavy atom. The number of aromatic nitrogens is 1. The maximum Gasteiger partial charge on any atom is 0.250 e. The molecule has 0 atom stereocenters. The fraction of sp³-hybridized carbons (Fsp3) is 0.217. The summed E-state index contributed by atoms with van der Waals surface area (Å²) in [6.45, 7) is 6.02. The summed E-state index contributed by atoms with van der Waals surface area (Å²) in [5.41, 5.74) is 8.83. The molecule has 0 aliphatic heterocycles. The fourth-order valence-electron chi connectivity index (χ4n) is 3.14. The molecule has 1 amide bonds. The standard InChI is InChI=1S/C23H24FN3OS/c1-16-6-4-5-7-19(16)14-29-15-23(28)26-25-13-20-12-17(2)27(18(20)3)22-10-8-21(24)9-11-22/h4-13H,14-15H2,1-3H3,(H,26,28)/b25-13+. The molecule has 4 nitrogen and oxygen atoms in total. The summed E-state index contributed by atoms with van der Waals surface area (Å²) in [5, 5.41) is 4.10. The molecule has 0 aliphatic rings. The Morgan fingerprint density at radius 1 is 1.14 bits per heavy atom. The summed E-state index contributed by atoms with van der Waals surface area (Å²) in [7, 11) is 0. The molecule has 0 spiro atoms. The molecule has 1 aromatic heterocycles. The summed E-state index contributed by atoms with van der Waals surface area (Å²) < 4.78 is 15.2. The third kappa shape index (κ3) is 5.35. The quantitative estimate of drug-likeness (QED) is 0.444. The van der Waals surface area contributed by atoms with Crippen LogP contribution in [0, 0.1) is 26.6 Å². The normalized spacial score (nSPS) is 11.2. The molecule has 3 rings (SSSR count). The van der Waals surface area contributed by atoms with E-state index in [1.165, 1.54) is 23.3 Å². The van der Waals surface area contributed by atoms with Gasteiger partial charge in [-0.3, -0.25) is 4.79 Å². The van der Waals surface area contributed by atoms with E-state index in [0.717, 1.165) is 28.4 Å². The van der Waals surface area contributed by atoms with Crippen molar-refractivity contribution in [3.05, 3.63) is 88.5 Å². The number of hydrazone groups is 1. The highest BCUT2D eigenvalue weighted by Crippen LogP contribution is 2.20. The smallest absolute Gasteiger partial charge is 0.250 e. The van der Waals surface area contributed by atoms with Gasteiger partial charge in [-0.25, -0.2) is 9.82 Å². The monoisotopic (exact) mass is 409 g/mol. The number of amides is 1. The maximum atomic E-state index is 13.2. The van der Waals surface area contributed by atoms with Crippen LogP contribution in [0.2, 0.25) is 0 Å². The van der Waals surface area contributed by atoms with E-state index in [9.17, 15) is 9.18 Å². The van der Waals surface area contributed by atoms with Crippen molar-refractivity contribution in [1.29, 1.82) is 0 Å². The Bertz CT molecular complexity index is 1030. The number of carbonyl (C=O) groups excluding carboxylic acids is 1. The first-order chi connectivity index (χ1) is 14.0. The lowest BCUT2D eigenvalue weighted by molar-refractivity contribution is -0.118. The zero-order valence-corrected chi connectivity index (χ0v) is 17.6. The van der Waals surface area contributed by atoms with Gasteiger partial charge in [0.25, 0.3) is 0 Å². The van der Waals surface area contributed by atoms with Crippen molar-refractivity contribution in [3.63, 3.8) is 0 Å². The van der Waals surface area contributed by atoms with E-state index in [0.29, 0.717) is 5.75 Å². The third-order valence-corrected chi connectivity index (χ3v) is 5.68. The highest BCUT2D eigenvalue weighted by molar-refractivity contribution is 7.99. The van der Waals surface area contributed by atoms with Crippen LogP contribution in [0.25, 0.3) is 5.69 Å². The molecule has 29 heavy (non-hydrogen) atoms. The Hall–Kier alpha value is -2.86. The van der Waals surface area contributed by atoms with E-state index >= 15 is 0 Å². The Kier molecular flexibility index (Phi) is 6.88. The van der Waals surface area contributed by atoms with Crippen LogP contribution in [0.3, 0.4) is 0 Å². The lowest BCUT2D eigenvalue weighted by Gasteiger charge is -2.09. The van der Waals surface area contributed by atoms with Crippen LogP contribution >= 0.6 is 11.8 Å². The van der Waals surface area contributed by atoms with Crippen molar-refractivity contribution >= 4 is 23.9 Å². The molecule has 0 aliphatic carbocycles. The Morgan fingerprint density at radius 3 is 2.59 bits per heavy atom. The van der Waals surface area contributed by atoms with Crippen LogP contribution in [-0.4, -0.2) is 22.4 Å². The van der Waals surface area contributed by atoms with Gasteiger partial charge in [-0.15, -0.1) is 11.8 Å². The van der Waals surface area contributed by atoms with E-state index in [2.05, 4.69) is 29.6 Å². The van der Waals surface area contributed by atoms with Gasteiger partial charge in [-0.05, 0) is 62.2 Å². The highest BCUT2D eigenvalue weighted by atomic mass is 32.2. The molecule has 0 unspecified atom stereocenters. The number of thioether (sulfide) groups is 1. The molecule has 2 aromatic carbocycles. The summed E-state index contributed by atoms with van der Waals surface area (Å²) in [5.74, 6) is 0.747. The number of benzene rings is 2. The van der Waals surface area contributed by atoms with Crippen LogP contribution in [0.5, 0.6) is 0 Å². The first-order valence-electron chi connectivity index (χ1n) is 9.34. The Balaban J connectivity index is 1.56. The molecule has 3 aromatic rings. The number of carbonyl (C=O) groups is 1. The van der Waals surface area contributed by atoms with Gasteiger partial charge < -0.3 is 4.57 Å². The summed E-state index contributed by atoms with van der Waals surface area (Å²) in [6.07, 6.45) is 1.65. The van der Waals surface area contributed by atoms with E-state index in [1.807, 2.05) is 36.6 Å². The van der Waals surface area contributed by atoms with Gasteiger partial charge in [0.1, 0.15) is 5.82 Å². The van der Waals surface area contributed by atoms with Crippen LogP contribution in [-0.2, 0) is 10.5 Å². The van der Waals surface area contributed by atoms with Gasteiger partial charge in [-0.1, -0.05) is 24.3 Å². The van der Waals surface area contributed by atoms with Gasteiger partial charge in [0.2, 0.25) is 5.91 Å². The minimum absolute atomic E-state index is 0.132. The average molecular weight is 410 g/mol. The topological polar surface area (TPSA) is 46.4 Å². The zero-order valence-electron chi connectivity index (χ0n) is 16.8. The SMILES string of the molecule is Cc1ccccc1CSCC(=O)N/N=C/c1cc(C)n(-c2ccc(F)cc2)c1C. The van der Waals surface area contributed by atoms with Crippen LogP contribution in [0.15, 0.2) is 59.7 Å². The molecular weight excluding hydrogens is 385 g/mol. The highest BCUT2D eigenvalue weighted by Gasteiger charge is 2.10. The van der Waals surface area contributed by atoms with Crippen LogP contribution < -0.4 is 5.43 Å². The molecule has 1 N–H and O–H groups in total. The van der Waals surface area contributed by atoms with Crippen LogP contribution in [0.1, 0.15) is 28.1 Å². The number of hydrogen-bond acceptors (Lipinski definition) is 3. The number of nitrogens with one attached hydrogen (secondary N) is 1. The van der Waals surface area contributed by atoms with Crippen molar-refractivity contribution in [2.45, 2.75) is 26.5 Å². The summed E-state index contributed by atoms with van der Waals surface area (Å²) in [6, 6.07) is 16.5. The van der Waals surface area contributed by atoms with Gasteiger partial charge in [0, 0.05) is 28.4 Å². The molecule has 1 heterocycles. The largest absolute Gasteiger partial charge is 0.318 e. The van der Waals surface area contributed by atoms with E-state index in [-0.39, 0.29) is 11.7 Å². The first-order valence-corrected chi connectivity index (χ1v) is 10.5. The summed E-state index contributed by atoms with van der Waals surface area (Å²) >= 11 is 1.56. The molecule has 0 radical (unpaired) electrons. The number of rotatable bonds is 7. The van der Waals surface area contributed by atoms with Gasteiger partial charge in [0.15, 0.2) is 0 Å². The third-order valence-electron chi connectivity index (χ3n) is 4.70. The molecule has 0 fully saturated rings. The number of hydrogen-bond donors (Lipinski definition) is 1. The van der Waals surface area contributed by atoms with E-state index < -0.39 is 0 Å². The van der Waals surface area contributed by atoms with Crippen molar-refractivity contribution in [2.75, 3.05) is 5.75 Å². The summed E-state index contributed by atoms with van der Waals surface area (Å²) in [4.78, 5) is 12.0. The second-order valence-electron chi connectivity index (χ2n) is 6.85. The fourth-order valence-corrected chi connectivity index (χ4v) is 4.03. The molecule has 6 heteroatoms. The molecule has 0 saturated heterocycles. The minimum Gasteiger partial charge on any atom is -0.318 e. The Labute approximate surface area is 174 Å². The minimum atomic E-state index is -0.263. The van der Waals surface area contributed by atoms with E-state index in [4.69, 9.17) is 0 Å². The maximum absolute atomic E-state index is 13.2. The number of aryl methyl sites for hydroxylation is 2. The van der Waals surface area contributed by atoms with Gasteiger partial charge in [0.05, 0.1) is 12.0 Å². The predicted octanol–water partition coefficient (Wildman–Crippen LogP) is 4.93. The van der Waals surface area contributed by atoms with Crippen molar-refractivity contribution < 1.29 is 9.18 Å². The van der Waals surface area contributed by atoms with E-state index in [1.54, 1.807) is 30.1 Å². The first kappa shape index (κ1) is 20.9. The molecule has 150 valence electrons. The lowest BCUT2D eigenvalue weighted by Crippen LogP contribution is -2.19. The number of nitrogens with zero attached hydrogens (tertiary/aromatic N) is 2. The molecule has 0 bridgehead atoms. The van der Waals surface area contributed by atoms with Gasteiger partial charge >= 0.3 is 0 Å². The molecule has 0 saturated carbocycles. The zero-order chi connectivity index (χ0) is 20.8. The van der Waals surface area contributed by atoms with Crippen molar-refractivity contribution in [3.8, 4) is 5.69 Å². The lowest BCUT2D eigenvalue weighted by atomic mass is 10.1. The predicted molar refractivity (Wildman–Crippen MR) is 118 cm³/mol. The van der Waals surface area contributed by atoms with Crippen LogP contribution in [0.4, 0.5) is 4.39 Å². The second-order valence-corrected chi connectivity index (χ2v) is 7.84. The average Bonchev–Trinajstić information content (AvgIpc) is 2.98. The molecular formula is C23H24FN3OS. The van der Waals surface area contributed by atoms with Crippen molar-refractivity contribution in [2.24, 2.45) is 5.10 Å². The van der Waals surface area contributed by atoms with Gasteiger partial charge in [-0.2, -0.15) is 5.10 Å². The second kappa shape index (κ2) is 9.56. The van der Waals surface area contributed by atoms with Crippen molar-refractivity contribution in [1.82, 2.24) is 9.99 Å².